The number of thiophene rings is 2. The zero-order chi connectivity index (χ0) is 17.5. The molecule has 7 heteroatoms. The van der Waals surface area contributed by atoms with Crippen molar-refractivity contribution >= 4 is 49.6 Å². The van der Waals surface area contributed by atoms with Crippen molar-refractivity contribution in [3.05, 3.63) is 38.3 Å². The number of guanidine groups is 1. The van der Waals surface area contributed by atoms with Crippen LogP contribution in [0.25, 0.3) is 0 Å². The Kier molecular flexibility index (Phi) is 7.19. The summed E-state index contributed by atoms with van der Waals surface area (Å²) >= 11 is 7.14. The first-order valence-corrected chi connectivity index (χ1v) is 11.3. The molecule has 2 aromatic rings. The molecule has 1 aliphatic rings. The van der Waals surface area contributed by atoms with Crippen LogP contribution in [0.2, 0.25) is 0 Å². The van der Waals surface area contributed by atoms with Gasteiger partial charge >= 0.3 is 0 Å². The highest BCUT2D eigenvalue weighted by Crippen LogP contribution is 2.25. The average Bonchev–Trinajstić information content (AvgIpc) is 3.28. The largest absolute Gasteiger partial charge is 0.363 e. The molecule has 136 valence electrons. The quantitative estimate of drug-likeness (QED) is 0.518. The molecule has 0 amide bonds. The van der Waals surface area contributed by atoms with Gasteiger partial charge in [-0.15, -0.1) is 22.7 Å². The Morgan fingerprint density at radius 1 is 1.32 bits per heavy atom. The molecule has 4 nitrogen and oxygen atoms in total. The fraction of sp³-hybridized carbons (Fsp3) is 0.500. The molecule has 0 saturated carbocycles. The zero-order valence-electron chi connectivity index (χ0n) is 14.5. The highest BCUT2D eigenvalue weighted by Gasteiger charge is 2.20. The Bertz CT molecular complexity index is 660. The van der Waals surface area contributed by atoms with Crippen LogP contribution in [0.3, 0.4) is 0 Å². The van der Waals surface area contributed by atoms with Gasteiger partial charge in [-0.05, 0) is 65.3 Å². The van der Waals surface area contributed by atoms with Crippen molar-refractivity contribution in [3.8, 4) is 0 Å². The number of rotatable bonds is 6. The fourth-order valence-electron chi connectivity index (χ4n) is 2.97. The molecule has 0 aromatic carbocycles. The lowest BCUT2D eigenvalue weighted by Gasteiger charge is -2.33. The lowest BCUT2D eigenvalue weighted by atomic mass is 10.1. The SMILES string of the molecule is CCNC(=NCCc1ccc(Br)s1)NC1CCN(c2cccs2)CC1. The maximum Gasteiger partial charge on any atom is 0.191 e. The van der Waals surface area contributed by atoms with Crippen molar-refractivity contribution in [2.75, 3.05) is 31.1 Å². The third kappa shape index (κ3) is 5.72. The van der Waals surface area contributed by atoms with E-state index in [0.717, 1.165) is 51.4 Å². The normalized spacial score (nSPS) is 16.2. The molecule has 0 unspecified atom stereocenters. The Labute approximate surface area is 166 Å². The van der Waals surface area contributed by atoms with E-state index >= 15 is 0 Å². The van der Waals surface area contributed by atoms with Gasteiger partial charge < -0.3 is 15.5 Å². The average molecular weight is 441 g/mol. The van der Waals surface area contributed by atoms with Crippen molar-refractivity contribution < 1.29 is 0 Å². The smallest absolute Gasteiger partial charge is 0.191 e. The number of aliphatic imine (C=N–C) groups is 1. The minimum atomic E-state index is 0.505. The molecule has 2 N–H and O–H groups in total. The Morgan fingerprint density at radius 2 is 2.16 bits per heavy atom. The summed E-state index contributed by atoms with van der Waals surface area (Å²) < 4.78 is 1.19. The second-order valence-electron chi connectivity index (χ2n) is 6.07. The number of hydrogen-bond donors (Lipinski definition) is 2. The Balaban J connectivity index is 1.47. The van der Waals surface area contributed by atoms with Gasteiger partial charge in [0.2, 0.25) is 0 Å². The summed E-state index contributed by atoms with van der Waals surface area (Å²) in [4.78, 5) is 8.61. The molecule has 25 heavy (non-hydrogen) atoms. The molecule has 0 radical (unpaired) electrons. The minimum Gasteiger partial charge on any atom is -0.363 e. The lowest BCUT2D eigenvalue weighted by Crippen LogP contribution is -2.48. The number of halogens is 1. The molecule has 1 fully saturated rings. The Morgan fingerprint density at radius 3 is 2.80 bits per heavy atom. The maximum absolute atomic E-state index is 4.76. The van der Waals surface area contributed by atoms with Gasteiger partial charge in [-0.2, -0.15) is 0 Å². The molecule has 0 atom stereocenters. The summed E-state index contributed by atoms with van der Waals surface area (Å²) in [5.74, 6) is 0.952. The van der Waals surface area contributed by atoms with Crippen LogP contribution >= 0.6 is 38.6 Å². The first-order chi connectivity index (χ1) is 12.2. The molecule has 1 aliphatic heterocycles. The van der Waals surface area contributed by atoms with E-state index in [9.17, 15) is 0 Å². The third-order valence-electron chi connectivity index (χ3n) is 4.25. The van der Waals surface area contributed by atoms with E-state index in [2.05, 4.69) is 68.0 Å². The number of piperidine rings is 1. The van der Waals surface area contributed by atoms with E-state index in [-0.39, 0.29) is 0 Å². The Hall–Kier alpha value is -1.05. The van der Waals surface area contributed by atoms with Crippen LogP contribution in [-0.2, 0) is 6.42 Å². The molecule has 0 bridgehead atoms. The maximum atomic E-state index is 4.76. The molecular formula is C18H25BrN4S2. The summed E-state index contributed by atoms with van der Waals surface area (Å²) in [6.45, 7) is 6.05. The summed E-state index contributed by atoms with van der Waals surface area (Å²) in [6.07, 6.45) is 3.30. The molecule has 1 saturated heterocycles. The third-order valence-corrected chi connectivity index (χ3v) is 6.87. The van der Waals surface area contributed by atoms with E-state index in [4.69, 9.17) is 4.99 Å². The van der Waals surface area contributed by atoms with Gasteiger partial charge in [0.05, 0.1) is 8.79 Å². The first-order valence-electron chi connectivity index (χ1n) is 8.82. The van der Waals surface area contributed by atoms with Crippen LogP contribution in [0, 0.1) is 0 Å². The van der Waals surface area contributed by atoms with Crippen molar-refractivity contribution in [1.82, 2.24) is 10.6 Å². The molecule has 0 aliphatic carbocycles. The summed E-state index contributed by atoms with van der Waals surface area (Å²) in [7, 11) is 0. The van der Waals surface area contributed by atoms with Gasteiger partial charge in [-0.3, -0.25) is 4.99 Å². The van der Waals surface area contributed by atoms with Crippen molar-refractivity contribution in [2.24, 2.45) is 4.99 Å². The van der Waals surface area contributed by atoms with Gasteiger partial charge in [-0.1, -0.05) is 0 Å². The highest BCUT2D eigenvalue weighted by molar-refractivity contribution is 9.11. The van der Waals surface area contributed by atoms with Crippen molar-refractivity contribution in [2.45, 2.75) is 32.2 Å². The molecular weight excluding hydrogens is 416 g/mol. The highest BCUT2D eigenvalue weighted by atomic mass is 79.9. The van der Waals surface area contributed by atoms with E-state index in [1.54, 1.807) is 11.3 Å². The topological polar surface area (TPSA) is 39.7 Å². The summed E-state index contributed by atoms with van der Waals surface area (Å²) in [5, 5.41) is 10.6. The van der Waals surface area contributed by atoms with Crippen LogP contribution in [0.5, 0.6) is 0 Å². The van der Waals surface area contributed by atoms with Crippen LogP contribution < -0.4 is 15.5 Å². The predicted molar refractivity (Wildman–Crippen MR) is 114 cm³/mol. The van der Waals surface area contributed by atoms with Gasteiger partial charge in [0, 0.05) is 43.5 Å². The molecule has 0 spiro atoms. The fourth-order valence-corrected chi connectivity index (χ4v) is 5.23. The van der Waals surface area contributed by atoms with Gasteiger partial charge in [0.1, 0.15) is 0 Å². The standard InChI is InChI=1S/C18H25BrN4S2/c1-2-20-18(21-10-7-15-5-6-16(19)25-15)22-14-8-11-23(12-9-14)17-4-3-13-24-17/h3-6,13-14H,2,7-12H2,1H3,(H2,20,21,22). The zero-order valence-corrected chi connectivity index (χ0v) is 17.7. The number of nitrogens with zero attached hydrogens (tertiary/aromatic N) is 2. The first kappa shape index (κ1) is 18.7. The van der Waals surface area contributed by atoms with E-state index in [1.807, 2.05) is 11.3 Å². The molecule has 2 aromatic heterocycles. The molecule has 3 rings (SSSR count). The second kappa shape index (κ2) is 9.59. The minimum absolute atomic E-state index is 0.505. The van der Waals surface area contributed by atoms with Crippen molar-refractivity contribution in [3.63, 3.8) is 0 Å². The van der Waals surface area contributed by atoms with Crippen LogP contribution in [0.4, 0.5) is 5.00 Å². The lowest BCUT2D eigenvalue weighted by molar-refractivity contribution is 0.463. The van der Waals surface area contributed by atoms with Crippen LogP contribution in [0.1, 0.15) is 24.6 Å². The van der Waals surface area contributed by atoms with Gasteiger partial charge in [0.25, 0.3) is 0 Å². The monoisotopic (exact) mass is 440 g/mol. The number of hydrogen-bond acceptors (Lipinski definition) is 4. The summed E-state index contributed by atoms with van der Waals surface area (Å²) in [5.41, 5.74) is 0. The van der Waals surface area contributed by atoms with Gasteiger partial charge in [0.15, 0.2) is 5.96 Å². The number of nitrogens with one attached hydrogen (secondary N) is 2. The van der Waals surface area contributed by atoms with E-state index in [1.165, 1.54) is 13.7 Å². The predicted octanol–water partition coefficient (Wildman–Crippen LogP) is 4.34. The van der Waals surface area contributed by atoms with Crippen molar-refractivity contribution in [1.29, 1.82) is 0 Å². The summed E-state index contributed by atoms with van der Waals surface area (Å²) in [6, 6.07) is 9.13. The van der Waals surface area contributed by atoms with Crippen LogP contribution in [-0.4, -0.2) is 38.2 Å². The van der Waals surface area contributed by atoms with Gasteiger partial charge in [-0.25, -0.2) is 0 Å². The molecule has 3 heterocycles. The van der Waals surface area contributed by atoms with Crippen LogP contribution in [0.15, 0.2) is 38.4 Å². The number of anilines is 1. The van der Waals surface area contributed by atoms with E-state index in [0.29, 0.717) is 6.04 Å². The van der Waals surface area contributed by atoms with E-state index < -0.39 is 0 Å². The second-order valence-corrected chi connectivity index (χ2v) is 9.55.